The van der Waals surface area contributed by atoms with E-state index in [1.54, 1.807) is 17.0 Å². The van der Waals surface area contributed by atoms with Crippen molar-refractivity contribution in [3.63, 3.8) is 0 Å². The Balaban J connectivity index is 0.00000145. The maximum Gasteiger partial charge on any atom is 0.415 e. The van der Waals surface area contributed by atoms with Gasteiger partial charge in [-0.25, -0.2) is 13.2 Å². The summed E-state index contributed by atoms with van der Waals surface area (Å²) < 4.78 is 30.4. The maximum atomic E-state index is 12.6. The Bertz CT molecular complexity index is 884. The van der Waals surface area contributed by atoms with Gasteiger partial charge < -0.3 is 19.9 Å². The van der Waals surface area contributed by atoms with Gasteiger partial charge in [-0.15, -0.1) is 0 Å². The van der Waals surface area contributed by atoms with Gasteiger partial charge in [0.1, 0.15) is 11.8 Å². The summed E-state index contributed by atoms with van der Waals surface area (Å²) in [5, 5.41) is 2.92. The van der Waals surface area contributed by atoms with E-state index in [-0.39, 0.29) is 18.0 Å². The minimum absolute atomic E-state index is 0.159. The van der Waals surface area contributed by atoms with Crippen LogP contribution >= 0.6 is 0 Å². The minimum atomic E-state index is -3.39. The molecule has 1 aromatic rings. The molecule has 2 aliphatic heterocycles. The van der Waals surface area contributed by atoms with Crippen LogP contribution in [-0.4, -0.2) is 92.6 Å². The van der Waals surface area contributed by atoms with Crippen molar-refractivity contribution in [3.05, 3.63) is 29.8 Å². The molecule has 0 radical (unpaired) electrons. The van der Waals surface area contributed by atoms with Crippen LogP contribution in [0.15, 0.2) is 24.3 Å². The first-order chi connectivity index (χ1) is 16.6. The summed E-state index contributed by atoms with van der Waals surface area (Å²) in [4.78, 5) is 28.7. The van der Waals surface area contributed by atoms with Crippen molar-refractivity contribution in [2.45, 2.75) is 66.0 Å². The van der Waals surface area contributed by atoms with Crippen molar-refractivity contribution >= 4 is 22.0 Å². The molecule has 0 spiro atoms. The molecule has 2 saturated heterocycles. The first-order valence-corrected chi connectivity index (χ1v) is 14.5. The first-order valence-electron chi connectivity index (χ1n) is 12.6. The molecule has 2 amide bonds. The van der Waals surface area contributed by atoms with E-state index in [0.29, 0.717) is 44.6 Å². The van der Waals surface area contributed by atoms with E-state index in [0.717, 1.165) is 24.9 Å². The third-order valence-corrected chi connectivity index (χ3v) is 7.04. The van der Waals surface area contributed by atoms with Crippen LogP contribution in [0.25, 0.3) is 0 Å². The SMILES string of the molecule is CC.CC.CC(Cc1ccc(OC(=O)N2CCN(C)CC2)cc1)NC(=O)C1CCCN1S(C)(=O)=O. The Morgan fingerprint density at radius 2 is 1.60 bits per heavy atom. The number of sulfonamides is 1. The molecule has 2 atom stereocenters. The Labute approximate surface area is 211 Å². The van der Waals surface area contributed by atoms with E-state index in [1.165, 1.54) is 4.31 Å². The number of rotatable bonds is 6. The summed E-state index contributed by atoms with van der Waals surface area (Å²) in [7, 11) is -1.36. The summed E-state index contributed by atoms with van der Waals surface area (Å²) in [6.07, 6.45) is 2.62. The molecule has 0 aromatic heterocycles. The topological polar surface area (TPSA) is 99.3 Å². The molecular weight excluding hydrogens is 468 g/mol. The Morgan fingerprint density at radius 3 is 2.14 bits per heavy atom. The van der Waals surface area contributed by atoms with Gasteiger partial charge in [0.15, 0.2) is 0 Å². The molecule has 2 heterocycles. The Morgan fingerprint density at radius 1 is 1.03 bits per heavy atom. The van der Waals surface area contributed by atoms with Gasteiger partial charge in [0.25, 0.3) is 0 Å². The van der Waals surface area contributed by atoms with Gasteiger partial charge >= 0.3 is 6.09 Å². The van der Waals surface area contributed by atoms with Gasteiger partial charge in [-0.3, -0.25) is 4.79 Å². The highest BCUT2D eigenvalue weighted by Crippen LogP contribution is 2.21. The van der Waals surface area contributed by atoms with Crippen LogP contribution in [0.1, 0.15) is 53.0 Å². The van der Waals surface area contributed by atoms with Gasteiger partial charge in [-0.2, -0.15) is 4.31 Å². The van der Waals surface area contributed by atoms with Gasteiger partial charge in [0, 0.05) is 38.8 Å². The van der Waals surface area contributed by atoms with E-state index in [1.807, 2.05) is 53.8 Å². The van der Waals surface area contributed by atoms with E-state index in [9.17, 15) is 18.0 Å². The molecule has 1 N–H and O–H groups in total. The number of piperazine rings is 1. The minimum Gasteiger partial charge on any atom is -0.410 e. The Hall–Kier alpha value is -2.17. The zero-order valence-electron chi connectivity index (χ0n) is 22.4. The molecular formula is C25H44N4O5S. The number of likely N-dealkylation sites (N-methyl/N-ethyl adjacent to an activating group) is 1. The molecule has 200 valence electrons. The second-order valence-electron chi connectivity index (χ2n) is 8.45. The summed E-state index contributed by atoms with van der Waals surface area (Å²) in [5.74, 6) is 0.229. The van der Waals surface area contributed by atoms with E-state index >= 15 is 0 Å². The molecule has 0 aliphatic carbocycles. The normalized spacial score (nSPS) is 19.5. The van der Waals surface area contributed by atoms with Gasteiger partial charge in [0.2, 0.25) is 15.9 Å². The molecule has 2 aliphatic rings. The average Bonchev–Trinajstić information content (AvgIpc) is 3.34. The van der Waals surface area contributed by atoms with Crippen molar-refractivity contribution < 1.29 is 22.7 Å². The lowest BCUT2D eigenvalue weighted by Crippen LogP contribution is -2.48. The van der Waals surface area contributed by atoms with Crippen molar-refractivity contribution in [3.8, 4) is 5.75 Å². The molecule has 2 unspecified atom stereocenters. The lowest BCUT2D eigenvalue weighted by Gasteiger charge is -2.31. The van der Waals surface area contributed by atoms with Crippen LogP contribution in [0, 0.1) is 0 Å². The van der Waals surface area contributed by atoms with E-state index in [4.69, 9.17) is 4.74 Å². The van der Waals surface area contributed by atoms with Crippen molar-refractivity contribution in [2.75, 3.05) is 46.0 Å². The summed E-state index contributed by atoms with van der Waals surface area (Å²) in [6.45, 7) is 13.3. The summed E-state index contributed by atoms with van der Waals surface area (Å²) in [5.41, 5.74) is 0.985. The Kier molecular flexibility index (Phi) is 13.3. The highest BCUT2D eigenvalue weighted by molar-refractivity contribution is 7.88. The van der Waals surface area contributed by atoms with E-state index < -0.39 is 16.1 Å². The summed E-state index contributed by atoms with van der Waals surface area (Å²) in [6, 6.07) is 6.45. The molecule has 35 heavy (non-hydrogen) atoms. The van der Waals surface area contributed by atoms with E-state index in [2.05, 4.69) is 10.2 Å². The molecule has 10 heteroatoms. The largest absolute Gasteiger partial charge is 0.415 e. The second-order valence-corrected chi connectivity index (χ2v) is 10.4. The lowest BCUT2D eigenvalue weighted by molar-refractivity contribution is -0.124. The van der Waals surface area contributed by atoms with Crippen LogP contribution in [0.4, 0.5) is 4.79 Å². The molecule has 3 rings (SSSR count). The predicted molar refractivity (Wildman–Crippen MR) is 140 cm³/mol. The van der Waals surface area contributed by atoms with Crippen LogP contribution < -0.4 is 10.1 Å². The van der Waals surface area contributed by atoms with Crippen LogP contribution in [0.5, 0.6) is 5.75 Å². The fourth-order valence-electron chi connectivity index (χ4n) is 3.99. The standard InChI is InChI=1S/C21H32N4O5S.2C2H6/c1-16(22-20(26)19-5-4-10-25(19)31(3,28)29)15-17-6-8-18(9-7-17)30-21(27)24-13-11-23(2)12-14-24;2*1-2/h6-9,16,19H,4-5,10-15H2,1-3H3,(H,22,26);2*1-2H3. The zero-order valence-corrected chi connectivity index (χ0v) is 23.2. The molecule has 0 bridgehead atoms. The zero-order chi connectivity index (χ0) is 26.6. The number of ether oxygens (including phenoxy) is 1. The third-order valence-electron chi connectivity index (χ3n) is 5.75. The first kappa shape index (κ1) is 30.9. The number of carbonyl (C=O) groups excluding carboxylic acids is 2. The van der Waals surface area contributed by atoms with Crippen molar-refractivity contribution in [1.29, 1.82) is 0 Å². The highest BCUT2D eigenvalue weighted by atomic mass is 32.2. The van der Waals surface area contributed by atoms with Crippen molar-refractivity contribution in [2.24, 2.45) is 0 Å². The molecule has 9 nitrogen and oxygen atoms in total. The molecule has 2 fully saturated rings. The fourth-order valence-corrected chi connectivity index (χ4v) is 5.11. The number of carbonyl (C=O) groups is 2. The maximum absolute atomic E-state index is 12.6. The second kappa shape index (κ2) is 15.1. The fraction of sp³-hybridized carbons (Fsp3) is 0.680. The summed E-state index contributed by atoms with van der Waals surface area (Å²) >= 11 is 0. The number of nitrogens with one attached hydrogen (secondary N) is 1. The lowest BCUT2D eigenvalue weighted by atomic mass is 10.1. The van der Waals surface area contributed by atoms with Crippen LogP contribution in [0.3, 0.4) is 0 Å². The monoisotopic (exact) mass is 512 g/mol. The van der Waals surface area contributed by atoms with Crippen molar-refractivity contribution in [1.82, 2.24) is 19.4 Å². The van der Waals surface area contributed by atoms with Crippen LogP contribution in [0.2, 0.25) is 0 Å². The molecule has 1 aromatic carbocycles. The van der Waals surface area contributed by atoms with Gasteiger partial charge in [-0.05, 0) is 50.9 Å². The number of benzene rings is 1. The number of hydrogen-bond acceptors (Lipinski definition) is 6. The van der Waals surface area contributed by atoms with Gasteiger partial charge in [-0.1, -0.05) is 39.8 Å². The predicted octanol–water partition coefficient (Wildman–Crippen LogP) is 2.96. The number of hydrogen-bond donors (Lipinski definition) is 1. The number of nitrogens with zero attached hydrogens (tertiary/aromatic N) is 3. The van der Waals surface area contributed by atoms with Gasteiger partial charge in [0.05, 0.1) is 6.26 Å². The number of amides is 2. The third kappa shape index (κ3) is 9.77. The average molecular weight is 513 g/mol. The smallest absolute Gasteiger partial charge is 0.410 e. The van der Waals surface area contributed by atoms with Crippen LogP contribution in [-0.2, 0) is 21.2 Å². The highest BCUT2D eigenvalue weighted by Gasteiger charge is 2.36. The quantitative estimate of drug-likeness (QED) is 0.629. The molecule has 0 saturated carbocycles.